The summed E-state index contributed by atoms with van der Waals surface area (Å²) in [6.45, 7) is 0. The number of para-hydroxylation sites is 1. The van der Waals surface area contributed by atoms with Gasteiger partial charge in [-0.25, -0.2) is 4.98 Å². The van der Waals surface area contributed by atoms with Crippen LogP contribution in [0.4, 0.5) is 11.6 Å². The van der Waals surface area contributed by atoms with Crippen molar-refractivity contribution in [3.63, 3.8) is 0 Å². The van der Waals surface area contributed by atoms with Crippen LogP contribution in [0.25, 0.3) is 64.8 Å². The third-order valence-electron chi connectivity index (χ3n) is 9.68. The van der Waals surface area contributed by atoms with Crippen LogP contribution in [0, 0.1) is 0 Å². The molecule has 2 unspecified atom stereocenters. The Hall–Kier alpha value is -5.91. The number of nitrogens with zero attached hydrogens (tertiary/aromatic N) is 4. The molecule has 2 atom stereocenters. The first-order chi connectivity index (χ1) is 23.8. The number of benzene rings is 6. The van der Waals surface area contributed by atoms with E-state index in [1.54, 1.807) is 0 Å². The van der Waals surface area contributed by atoms with Crippen LogP contribution in [-0.4, -0.2) is 21.0 Å². The molecule has 0 amide bonds. The highest BCUT2D eigenvalue weighted by Gasteiger charge is 2.38. The first-order valence-corrected chi connectivity index (χ1v) is 17.1. The van der Waals surface area contributed by atoms with Crippen LogP contribution in [0.2, 0.25) is 0 Å². The smallest absolute Gasteiger partial charge is 0.234 e. The first kappa shape index (κ1) is 27.2. The number of allylic oxidation sites excluding steroid dienone is 2. The predicted molar refractivity (Wildman–Crippen MR) is 200 cm³/mol. The van der Waals surface area contributed by atoms with E-state index >= 15 is 0 Å². The predicted octanol–water partition coefficient (Wildman–Crippen LogP) is 11.1. The molecule has 1 aliphatic heterocycles. The largest absolute Gasteiger partial charge is 0.302 e. The lowest BCUT2D eigenvalue weighted by molar-refractivity contribution is 0.728. The minimum Gasteiger partial charge on any atom is -0.302 e. The molecule has 4 nitrogen and oxygen atoms in total. The molecule has 6 aromatic carbocycles. The monoisotopic (exact) mass is 632 g/mol. The van der Waals surface area contributed by atoms with Crippen LogP contribution >= 0.6 is 11.3 Å². The normalized spacial score (nSPS) is 16.5. The summed E-state index contributed by atoms with van der Waals surface area (Å²) < 4.78 is 2.51. The average Bonchev–Trinajstić information content (AvgIpc) is 3.70. The maximum Gasteiger partial charge on any atom is 0.234 e. The van der Waals surface area contributed by atoms with Gasteiger partial charge in [-0.2, -0.15) is 9.97 Å². The number of hydrogen-bond donors (Lipinski definition) is 0. The fourth-order valence-electron chi connectivity index (χ4n) is 7.39. The highest BCUT2D eigenvalue weighted by atomic mass is 32.1. The summed E-state index contributed by atoms with van der Waals surface area (Å²) >= 11 is 1.81. The molecule has 3 heterocycles. The topological polar surface area (TPSA) is 41.9 Å². The molecule has 0 saturated carbocycles. The number of hydrogen-bond acceptors (Lipinski definition) is 5. The van der Waals surface area contributed by atoms with Gasteiger partial charge in [0.15, 0.2) is 11.6 Å². The van der Waals surface area contributed by atoms with Crippen molar-refractivity contribution < 1.29 is 0 Å². The third kappa shape index (κ3) is 4.32. The molecule has 2 aliphatic rings. The van der Waals surface area contributed by atoms with E-state index < -0.39 is 0 Å². The summed E-state index contributed by atoms with van der Waals surface area (Å²) in [5.74, 6) is 2.23. The van der Waals surface area contributed by atoms with Gasteiger partial charge in [-0.3, -0.25) is 0 Å². The molecule has 8 aromatic rings. The van der Waals surface area contributed by atoms with Gasteiger partial charge in [-0.15, -0.1) is 11.3 Å². The van der Waals surface area contributed by atoms with Crippen LogP contribution < -0.4 is 4.90 Å². The zero-order valence-electron chi connectivity index (χ0n) is 25.9. The maximum absolute atomic E-state index is 5.21. The lowest BCUT2D eigenvalue weighted by Crippen LogP contribution is -2.30. The van der Waals surface area contributed by atoms with Gasteiger partial charge in [0.2, 0.25) is 5.95 Å². The molecule has 0 fully saturated rings. The van der Waals surface area contributed by atoms with Gasteiger partial charge < -0.3 is 4.90 Å². The Morgan fingerprint density at radius 1 is 0.521 bits per heavy atom. The van der Waals surface area contributed by atoms with Gasteiger partial charge in [-0.1, -0.05) is 140 Å². The third-order valence-corrected chi connectivity index (χ3v) is 10.8. The lowest BCUT2D eigenvalue weighted by Gasteiger charge is -2.27. The van der Waals surface area contributed by atoms with Crippen molar-refractivity contribution in [3.05, 3.63) is 163 Å². The molecule has 10 rings (SSSR count). The SMILES string of the molecule is C1=CC2c3ccccc3N(c3nc(-c4ccc(-c5cccc6ccccc56)cc4)nc(-c4ccc5c(c4)sc4ccccc45)n3)C2C=C1. The van der Waals surface area contributed by atoms with Crippen LogP contribution in [0.1, 0.15) is 11.5 Å². The van der Waals surface area contributed by atoms with Gasteiger partial charge in [0.1, 0.15) is 0 Å². The van der Waals surface area contributed by atoms with E-state index in [4.69, 9.17) is 15.0 Å². The molecular weight excluding hydrogens is 605 g/mol. The standard InChI is InChI=1S/C43H28N4S/c1-2-12-31-27(10-1)11-9-16-32(31)28-20-22-29(23-21-28)41-44-42(30-24-25-36-35-15-5-8-19-39(35)48-40(36)26-30)46-43(45-41)47-37-17-6-3-13-33(37)34-14-4-7-18-38(34)47/h1-26,33,37H. The summed E-state index contributed by atoms with van der Waals surface area (Å²) in [4.78, 5) is 17.8. The van der Waals surface area contributed by atoms with E-state index in [0.29, 0.717) is 17.6 Å². The second kappa shape index (κ2) is 10.8. The molecule has 0 radical (unpaired) electrons. The molecule has 1 aliphatic carbocycles. The van der Waals surface area contributed by atoms with E-state index in [-0.39, 0.29) is 12.0 Å². The molecule has 2 aromatic heterocycles. The number of anilines is 2. The van der Waals surface area contributed by atoms with Gasteiger partial charge >= 0.3 is 0 Å². The molecule has 0 spiro atoms. The van der Waals surface area contributed by atoms with Crippen molar-refractivity contribution in [2.24, 2.45) is 0 Å². The van der Waals surface area contributed by atoms with Crippen LogP contribution in [0.15, 0.2) is 158 Å². The Labute approximate surface area is 282 Å². The van der Waals surface area contributed by atoms with E-state index in [0.717, 1.165) is 22.4 Å². The number of fused-ring (bicyclic) bond motifs is 7. The minimum absolute atomic E-state index is 0.0920. The van der Waals surface area contributed by atoms with Crippen molar-refractivity contribution in [2.45, 2.75) is 12.0 Å². The second-order valence-corrected chi connectivity index (χ2v) is 13.5. The first-order valence-electron chi connectivity index (χ1n) is 16.3. The second-order valence-electron chi connectivity index (χ2n) is 12.4. The van der Waals surface area contributed by atoms with Crippen LogP contribution in [0.3, 0.4) is 0 Å². The minimum atomic E-state index is 0.0920. The summed E-state index contributed by atoms with van der Waals surface area (Å²) in [6.07, 6.45) is 8.82. The van der Waals surface area contributed by atoms with E-state index in [9.17, 15) is 0 Å². The summed E-state index contributed by atoms with van der Waals surface area (Å²) in [6, 6.07) is 47.5. The molecule has 226 valence electrons. The summed E-state index contributed by atoms with van der Waals surface area (Å²) in [7, 11) is 0. The van der Waals surface area contributed by atoms with Crippen molar-refractivity contribution in [1.82, 2.24) is 15.0 Å². The van der Waals surface area contributed by atoms with Gasteiger partial charge in [0.05, 0.1) is 6.04 Å². The van der Waals surface area contributed by atoms with Crippen molar-refractivity contribution in [1.29, 1.82) is 0 Å². The van der Waals surface area contributed by atoms with Crippen molar-refractivity contribution in [3.8, 4) is 33.9 Å². The van der Waals surface area contributed by atoms with E-state index in [1.807, 2.05) is 11.3 Å². The molecular formula is C43H28N4S. The Morgan fingerprint density at radius 2 is 1.21 bits per heavy atom. The average molecular weight is 633 g/mol. The van der Waals surface area contributed by atoms with Crippen molar-refractivity contribution in [2.75, 3.05) is 4.90 Å². The lowest BCUT2D eigenvalue weighted by atomic mass is 9.92. The number of thiophene rings is 1. The van der Waals surface area contributed by atoms with Gasteiger partial charge in [0, 0.05) is 42.9 Å². The van der Waals surface area contributed by atoms with E-state index in [2.05, 4.69) is 163 Å². The number of aromatic nitrogens is 3. The fraction of sp³-hybridized carbons (Fsp3) is 0.0465. The highest BCUT2D eigenvalue weighted by Crippen LogP contribution is 2.47. The molecule has 5 heteroatoms. The summed E-state index contributed by atoms with van der Waals surface area (Å²) in [5.41, 5.74) is 6.74. The fourth-order valence-corrected chi connectivity index (χ4v) is 8.54. The molecule has 0 bridgehead atoms. The Bertz CT molecular complexity index is 2590. The quantitative estimate of drug-likeness (QED) is 0.194. The molecule has 0 N–H and O–H groups in total. The zero-order valence-corrected chi connectivity index (χ0v) is 26.7. The van der Waals surface area contributed by atoms with Gasteiger partial charge in [-0.05, 0) is 45.7 Å². The Kier molecular flexibility index (Phi) is 6.14. The van der Waals surface area contributed by atoms with E-state index in [1.165, 1.54) is 42.1 Å². The molecule has 48 heavy (non-hydrogen) atoms. The maximum atomic E-state index is 5.21. The number of rotatable bonds is 4. The van der Waals surface area contributed by atoms with Crippen LogP contribution in [-0.2, 0) is 0 Å². The van der Waals surface area contributed by atoms with Crippen LogP contribution in [0.5, 0.6) is 0 Å². The Balaban J connectivity index is 1.13. The highest BCUT2D eigenvalue weighted by molar-refractivity contribution is 7.25. The van der Waals surface area contributed by atoms with Gasteiger partial charge in [0.25, 0.3) is 0 Å². The molecule has 0 saturated heterocycles. The Morgan fingerprint density at radius 3 is 2.12 bits per heavy atom. The zero-order chi connectivity index (χ0) is 31.6. The van der Waals surface area contributed by atoms with Crippen molar-refractivity contribution >= 4 is 53.9 Å². The summed E-state index contributed by atoms with van der Waals surface area (Å²) in [5, 5.41) is 5.01.